The van der Waals surface area contributed by atoms with Crippen molar-refractivity contribution < 1.29 is 0 Å². The first-order chi connectivity index (χ1) is 9.06. The lowest BCUT2D eigenvalue weighted by Crippen LogP contribution is -2.34. The third-order valence-corrected chi connectivity index (χ3v) is 3.62. The van der Waals surface area contributed by atoms with Crippen molar-refractivity contribution in [2.75, 3.05) is 24.5 Å². The second kappa shape index (κ2) is 6.25. The van der Waals surface area contributed by atoms with Gasteiger partial charge in [0.25, 0.3) is 0 Å². The summed E-state index contributed by atoms with van der Waals surface area (Å²) in [5.41, 5.74) is 5.53. The van der Waals surface area contributed by atoms with Gasteiger partial charge in [-0.3, -0.25) is 0 Å². The minimum absolute atomic E-state index is 0.521. The smallest absolute Gasteiger partial charge is 0.0401 e. The molecule has 1 heterocycles. The Morgan fingerprint density at radius 1 is 1.42 bits per heavy atom. The third kappa shape index (κ3) is 3.84. The molecule has 2 heteroatoms. The average molecular weight is 258 g/mol. The monoisotopic (exact) mass is 258 g/mol. The van der Waals surface area contributed by atoms with Crippen molar-refractivity contribution in [3.8, 4) is 0 Å². The topological polar surface area (TPSA) is 15.3 Å². The fourth-order valence-corrected chi connectivity index (χ4v) is 2.64. The van der Waals surface area contributed by atoms with Crippen LogP contribution in [0.4, 0.5) is 5.69 Å². The van der Waals surface area contributed by atoms with Gasteiger partial charge in [-0.1, -0.05) is 38.1 Å². The normalized spacial score (nSPS) is 14.6. The van der Waals surface area contributed by atoms with Gasteiger partial charge in [-0.15, -0.1) is 0 Å². The molecular formula is C17H26N2. The molecule has 1 aromatic carbocycles. The fraction of sp³-hybridized carbons (Fsp3) is 0.529. The summed E-state index contributed by atoms with van der Waals surface area (Å²) in [6, 6.07) is 7.34. The van der Waals surface area contributed by atoms with E-state index in [4.69, 9.17) is 0 Å². The van der Waals surface area contributed by atoms with E-state index >= 15 is 0 Å². The standard InChI is InChI=1S/C17H26N2/c1-13(2)18-11-15(4)12-19-9-5-6-16-10-14(3)7-8-17(16)19/h7-8,10,13,18H,4-6,9,11-12H2,1-3H3. The minimum atomic E-state index is 0.521. The predicted molar refractivity (Wildman–Crippen MR) is 84.0 cm³/mol. The number of hydrogen-bond donors (Lipinski definition) is 1. The zero-order chi connectivity index (χ0) is 13.8. The van der Waals surface area contributed by atoms with E-state index in [-0.39, 0.29) is 0 Å². The van der Waals surface area contributed by atoms with Gasteiger partial charge in [-0.25, -0.2) is 0 Å². The highest BCUT2D eigenvalue weighted by atomic mass is 15.1. The van der Waals surface area contributed by atoms with Gasteiger partial charge in [0.15, 0.2) is 0 Å². The maximum Gasteiger partial charge on any atom is 0.0401 e. The molecule has 0 aliphatic carbocycles. The molecule has 1 aromatic rings. The Morgan fingerprint density at radius 3 is 2.95 bits per heavy atom. The van der Waals surface area contributed by atoms with Gasteiger partial charge in [-0.2, -0.15) is 0 Å². The van der Waals surface area contributed by atoms with Gasteiger partial charge < -0.3 is 10.2 Å². The van der Waals surface area contributed by atoms with Crippen LogP contribution in [0.25, 0.3) is 0 Å². The Labute approximate surface area is 117 Å². The van der Waals surface area contributed by atoms with Crippen molar-refractivity contribution >= 4 is 5.69 Å². The summed E-state index contributed by atoms with van der Waals surface area (Å²) in [4.78, 5) is 2.47. The SMILES string of the molecule is C=C(CNC(C)C)CN1CCCc2cc(C)ccc21. The van der Waals surface area contributed by atoms with E-state index in [9.17, 15) is 0 Å². The molecule has 1 aliphatic heterocycles. The first-order valence-electron chi connectivity index (χ1n) is 7.31. The Balaban J connectivity index is 2.01. The maximum atomic E-state index is 4.21. The summed E-state index contributed by atoms with van der Waals surface area (Å²) >= 11 is 0. The van der Waals surface area contributed by atoms with Crippen molar-refractivity contribution in [1.29, 1.82) is 0 Å². The maximum absolute atomic E-state index is 4.21. The van der Waals surface area contributed by atoms with Crippen LogP contribution in [0.1, 0.15) is 31.4 Å². The number of nitrogens with one attached hydrogen (secondary N) is 1. The fourth-order valence-electron chi connectivity index (χ4n) is 2.64. The van der Waals surface area contributed by atoms with E-state index in [0.717, 1.165) is 19.6 Å². The Morgan fingerprint density at radius 2 is 2.21 bits per heavy atom. The number of aryl methyl sites for hydroxylation is 2. The van der Waals surface area contributed by atoms with E-state index < -0.39 is 0 Å². The summed E-state index contributed by atoms with van der Waals surface area (Å²) < 4.78 is 0. The summed E-state index contributed by atoms with van der Waals surface area (Å²) in [6.45, 7) is 13.8. The summed E-state index contributed by atoms with van der Waals surface area (Å²) in [5, 5.41) is 3.44. The van der Waals surface area contributed by atoms with E-state index in [1.165, 1.54) is 35.2 Å². The number of benzene rings is 1. The van der Waals surface area contributed by atoms with Gasteiger partial charge >= 0.3 is 0 Å². The molecule has 0 atom stereocenters. The lowest BCUT2D eigenvalue weighted by Gasteiger charge is -2.32. The van der Waals surface area contributed by atoms with Gasteiger partial charge in [0, 0.05) is 31.4 Å². The van der Waals surface area contributed by atoms with Crippen molar-refractivity contribution in [3.63, 3.8) is 0 Å². The minimum Gasteiger partial charge on any atom is -0.367 e. The van der Waals surface area contributed by atoms with Crippen LogP contribution in [0.2, 0.25) is 0 Å². The molecule has 0 spiro atoms. The molecular weight excluding hydrogens is 232 g/mol. The van der Waals surface area contributed by atoms with Crippen LogP contribution in [0.5, 0.6) is 0 Å². The lowest BCUT2D eigenvalue weighted by atomic mass is 9.99. The summed E-state index contributed by atoms with van der Waals surface area (Å²) in [6.07, 6.45) is 2.46. The van der Waals surface area contributed by atoms with Crippen molar-refractivity contribution in [2.45, 2.75) is 39.7 Å². The Bertz CT molecular complexity index is 449. The molecule has 0 saturated carbocycles. The Kier molecular flexibility index (Phi) is 4.65. The highest BCUT2D eigenvalue weighted by Crippen LogP contribution is 2.28. The molecule has 1 N–H and O–H groups in total. The second-order valence-electron chi connectivity index (χ2n) is 5.94. The van der Waals surface area contributed by atoms with Crippen LogP contribution in [0, 0.1) is 6.92 Å². The largest absolute Gasteiger partial charge is 0.367 e. The van der Waals surface area contributed by atoms with Gasteiger partial charge in [0.1, 0.15) is 0 Å². The molecule has 0 aromatic heterocycles. The van der Waals surface area contributed by atoms with E-state index in [1.807, 2.05) is 0 Å². The Hall–Kier alpha value is -1.28. The molecule has 0 radical (unpaired) electrons. The molecule has 0 amide bonds. The number of hydrogen-bond acceptors (Lipinski definition) is 2. The van der Waals surface area contributed by atoms with Crippen molar-refractivity contribution in [3.05, 3.63) is 41.5 Å². The van der Waals surface area contributed by atoms with Gasteiger partial charge in [0.05, 0.1) is 0 Å². The van der Waals surface area contributed by atoms with Crippen LogP contribution in [-0.2, 0) is 6.42 Å². The zero-order valence-corrected chi connectivity index (χ0v) is 12.5. The van der Waals surface area contributed by atoms with Crippen LogP contribution in [-0.4, -0.2) is 25.7 Å². The summed E-state index contributed by atoms with van der Waals surface area (Å²) in [7, 11) is 0. The van der Waals surface area contributed by atoms with Crippen LogP contribution >= 0.6 is 0 Å². The first kappa shape index (κ1) is 14.1. The van der Waals surface area contributed by atoms with Crippen LogP contribution < -0.4 is 10.2 Å². The molecule has 2 rings (SSSR count). The molecule has 0 bridgehead atoms. The lowest BCUT2D eigenvalue weighted by molar-refractivity contribution is 0.611. The van der Waals surface area contributed by atoms with Crippen molar-refractivity contribution in [2.24, 2.45) is 0 Å². The highest BCUT2D eigenvalue weighted by Gasteiger charge is 2.17. The zero-order valence-electron chi connectivity index (χ0n) is 12.5. The molecule has 0 unspecified atom stereocenters. The van der Waals surface area contributed by atoms with Crippen LogP contribution in [0.15, 0.2) is 30.4 Å². The number of fused-ring (bicyclic) bond motifs is 1. The molecule has 19 heavy (non-hydrogen) atoms. The molecule has 1 aliphatic rings. The van der Waals surface area contributed by atoms with E-state index in [1.54, 1.807) is 0 Å². The average Bonchev–Trinajstić information content (AvgIpc) is 2.36. The third-order valence-electron chi connectivity index (χ3n) is 3.62. The first-order valence-corrected chi connectivity index (χ1v) is 7.31. The van der Waals surface area contributed by atoms with Crippen LogP contribution in [0.3, 0.4) is 0 Å². The number of nitrogens with zero attached hydrogens (tertiary/aromatic N) is 1. The van der Waals surface area contributed by atoms with Gasteiger partial charge in [-0.05, 0) is 37.0 Å². The second-order valence-corrected chi connectivity index (χ2v) is 5.94. The molecule has 2 nitrogen and oxygen atoms in total. The molecule has 104 valence electrons. The number of anilines is 1. The summed E-state index contributed by atoms with van der Waals surface area (Å²) in [5.74, 6) is 0. The van der Waals surface area contributed by atoms with Crippen molar-refractivity contribution in [1.82, 2.24) is 5.32 Å². The van der Waals surface area contributed by atoms with E-state index in [0.29, 0.717) is 6.04 Å². The highest BCUT2D eigenvalue weighted by molar-refractivity contribution is 5.57. The predicted octanol–water partition coefficient (Wildman–Crippen LogP) is 3.30. The van der Waals surface area contributed by atoms with Gasteiger partial charge in [0.2, 0.25) is 0 Å². The number of rotatable bonds is 5. The molecule has 0 fully saturated rings. The molecule has 0 saturated heterocycles. The van der Waals surface area contributed by atoms with E-state index in [2.05, 4.69) is 55.8 Å². The quantitative estimate of drug-likeness (QED) is 0.815.